The Labute approximate surface area is 148 Å². The van der Waals surface area contributed by atoms with E-state index in [0.717, 1.165) is 11.0 Å². The van der Waals surface area contributed by atoms with Crippen molar-refractivity contribution in [3.05, 3.63) is 34.1 Å². The number of hydrogen-bond donors (Lipinski definition) is 1. The highest BCUT2D eigenvalue weighted by Crippen LogP contribution is 2.16. The van der Waals surface area contributed by atoms with Crippen molar-refractivity contribution in [2.24, 2.45) is 0 Å². The van der Waals surface area contributed by atoms with Crippen LogP contribution in [0.25, 0.3) is 0 Å². The molecule has 0 heterocycles. The van der Waals surface area contributed by atoms with Crippen molar-refractivity contribution in [1.82, 2.24) is 10.2 Å². The van der Waals surface area contributed by atoms with E-state index in [0.29, 0.717) is 4.47 Å². The van der Waals surface area contributed by atoms with Gasteiger partial charge in [0.2, 0.25) is 5.91 Å². The number of likely N-dealkylation sites (N-methyl/N-ethyl adjacent to an activating group) is 1. The average Bonchev–Trinajstić information content (AvgIpc) is 2.42. The van der Waals surface area contributed by atoms with E-state index in [1.54, 1.807) is 0 Å². The molecule has 2 amide bonds. The van der Waals surface area contributed by atoms with Crippen molar-refractivity contribution in [2.75, 3.05) is 20.2 Å². The fourth-order valence-corrected chi connectivity index (χ4v) is 2.06. The summed E-state index contributed by atoms with van der Waals surface area (Å²) in [7, 11) is 1.42. The molecule has 0 atom stereocenters. The molecule has 0 aromatic heterocycles. The van der Waals surface area contributed by atoms with Crippen LogP contribution in [0.5, 0.6) is 0 Å². The summed E-state index contributed by atoms with van der Waals surface area (Å²) in [6.07, 6.45) is 0. The molecule has 0 aliphatic rings. The van der Waals surface area contributed by atoms with E-state index in [-0.39, 0.29) is 18.0 Å². The molecule has 1 N–H and O–H groups in total. The third-order valence-electron chi connectivity index (χ3n) is 2.80. The van der Waals surface area contributed by atoms with Crippen LogP contribution >= 0.6 is 15.9 Å². The standard InChI is InChI=1S/C16H20BrFN2O4/c1-16(2,3)19-13(21)8-20(4)14(22)9-24-15(23)11-6-5-10(17)7-12(11)18/h5-7H,8-9H2,1-4H3,(H,19,21). The molecule has 8 heteroatoms. The maximum Gasteiger partial charge on any atom is 0.341 e. The van der Waals surface area contributed by atoms with E-state index >= 15 is 0 Å². The monoisotopic (exact) mass is 402 g/mol. The lowest BCUT2D eigenvalue weighted by atomic mass is 10.1. The van der Waals surface area contributed by atoms with Crippen LogP contribution in [0.15, 0.2) is 22.7 Å². The fraction of sp³-hybridized carbons (Fsp3) is 0.438. The van der Waals surface area contributed by atoms with Crippen LogP contribution in [0.4, 0.5) is 4.39 Å². The fourth-order valence-electron chi connectivity index (χ4n) is 1.73. The quantitative estimate of drug-likeness (QED) is 0.765. The Morgan fingerprint density at radius 3 is 2.46 bits per heavy atom. The Balaban J connectivity index is 2.53. The first kappa shape index (κ1) is 20.1. The number of carbonyl (C=O) groups excluding carboxylic acids is 3. The minimum absolute atomic E-state index is 0.166. The highest BCUT2D eigenvalue weighted by molar-refractivity contribution is 9.10. The molecule has 1 rings (SSSR count). The third kappa shape index (κ3) is 6.66. The van der Waals surface area contributed by atoms with Gasteiger partial charge in [0.05, 0.1) is 12.1 Å². The second kappa shape index (κ2) is 8.23. The molecule has 0 spiro atoms. The molecule has 0 bridgehead atoms. The molecular formula is C16H20BrFN2O4. The zero-order valence-corrected chi connectivity index (χ0v) is 15.6. The highest BCUT2D eigenvalue weighted by atomic mass is 79.9. The summed E-state index contributed by atoms with van der Waals surface area (Å²) < 4.78 is 18.9. The molecule has 1 aromatic rings. The number of halogens is 2. The number of nitrogens with one attached hydrogen (secondary N) is 1. The van der Waals surface area contributed by atoms with Gasteiger partial charge < -0.3 is 15.0 Å². The summed E-state index contributed by atoms with van der Waals surface area (Å²) in [5.41, 5.74) is -0.675. The van der Waals surface area contributed by atoms with Crippen LogP contribution in [-0.2, 0) is 14.3 Å². The molecule has 24 heavy (non-hydrogen) atoms. The Kier molecular flexibility index (Phi) is 6.89. The molecule has 0 unspecified atom stereocenters. The lowest BCUT2D eigenvalue weighted by molar-refractivity contribution is -0.137. The van der Waals surface area contributed by atoms with Crippen LogP contribution in [0, 0.1) is 5.82 Å². The normalized spacial score (nSPS) is 10.9. The van der Waals surface area contributed by atoms with Gasteiger partial charge in [-0.25, -0.2) is 9.18 Å². The zero-order chi connectivity index (χ0) is 18.5. The summed E-state index contributed by atoms with van der Waals surface area (Å²) in [6.45, 7) is 4.72. The van der Waals surface area contributed by atoms with Crippen LogP contribution in [0.2, 0.25) is 0 Å². The summed E-state index contributed by atoms with van der Waals surface area (Å²) in [6, 6.07) is 3.87. The molecule has 132 valence electrons. The van der Waals surface area contributed by atoms with E-state index < -0.39 is 29.8 Å². The summed E-state index contributed by atoms with van der Waals surface area (Å²) in [5.74, 6) is -2.59. The smallest absolute Gasteiger partial charge is 0.341 e. The van der Waals surface area contributed by atoms with Crippen LogP contribution in [0.3, 0.4) is 0 Å². The van der Waals surface area contributed by atoms with Gasteiger partial charge in [-0.2, -0.15) is 0 Å². The number of ether oxygens (including phenoxy) is 1. The minimum atomic E-state index is -0.944. The maximum atomic E-state index is 13.6. The molecule has 6 nitrogen and oxygen atoms in total. The van der Waals surface area contributed by atoms with Gasteiger partial charge in [0.15, 0.2) is 6.61 Å². The van der Waals surface area contributed by atoms with Crippen LogP contribution in [-0.4, -0.2) is 48.4 Å². The van der Waals surface area contributed by atoms with Crippen LogP contribution in [0.1, 0.15) is 31.1 Å². The molecule has 1 aromatic carbocycles. The van der Waals surface area contributed by atoms with E-state index in [1.165, 1.54) is 19.2 Å². The van der Waals surface area contributed by atoms with Crippen molar-refractivity contribution in [3.8, 4) is 0 Å². The number of esters is 1. The first-order chi connectivity index (χ1) is 11.0. The van der Waals surface area contributed by atoms with Crippen molar-refractivity contribution < 1.29 is 23.5 Å². The lowest BCUT2D eigenvalue weighted by Crippen LogP contribution is -2.46. The predicted molar refractivity (Wildman–Crippen MR) is 89.9 cm³/mol. The SMILES string of the molecule is CN(CC(=O)NC(C)(C)C)C(=O)COC(=O)c1ccc(Br)cc1F. The van der Waals surface area contributed by atoms with Crippen molar-refractivity contribution in [1.29, 1.82) is 0 Å². The summed E-state index contributed by atoms with van der Waals surface area (Å²) in [4.78, 5) is 36.5. The second-order valence-corrected chi connectivity index (χ2v) is 7.16. The number of rotatable bonds is 5. The van der Waals surface area contributed by atoms with Crippen molar-refractivity contribution in [2.45, 2.75) is 26.3 Å². The topological polar surface area (TPSA) is 75.7 Å². The lowest BCUT2D eigenvalue weighted by Gasteiger charge is -2.23. The first-order valence-corrected chi connectivity index (χ1v) is 7.96. The minimum Gasteiger partial charge on any atom is -0.452 e. The number of nitrogens with zero attached hydrogens (tertiary/aromatic N) is 1. The van der Waals surface area contributed by atoms with Gasteiger partial charge in [0.25, 0.3) is 5.91 Å². The largest absolute Gasteiger partial charge is 0.452 e. The number of amides is 2. The molecule has 0 fully saturated rings. The highest BCUT2D eigenvalue weighted by Gasteiger charge is 2.20. The number of hydrogen-bond acceptors (Lipinski definition) is 4. The van der Waals surface area contributed by atoms with E-state index in [2.05, 4.69) is 21.2 Å². The Morgan fingerprint density at radius 1 is 1.29 bits per heavy atom. The number of carbonyl (C=O) groups is 3. The molecule has 0 saturated carbocycles. The van der Waals surface area contributed by atoms with Gasteiger partial charge in [0.1, 0.15) is 5.82 Å². The van der Waals surface area contributed by atoms with Gasteiger partial charge in [-0.3, -0.25) is 9.59 Å². The Bertz CT molecular complexity index is 643. The van der Waals surface area contributed by atoms with Gasteiger partial charge in [-0.05, 0) is 39.0 Å². The van der Waals surface area contributed by atoms with E-state index in [1.807, 2.05) is 20.8 Å². The van der Waals surface area contributed by atoms with Crippen molar-refractivity contribution in [3.63, 3.8) is 0 Å². The average molecular weight is 403 g/mol. The summed E-state index contributed by atoms with van der Waals surface area (Å²) >= 11 is 3.08. The van der Waals surface area contributed by atoms with Gasteiger partial charge in [-0.15, -0.1) is 0 Å². The van der Waals surface area contributed by atoms with Crippen molar-refractivity contribution >= 4 is 33.7 Å². The molecular weight excluding hydrogens is 383 g/mol. The van der Waals surface area contributed by atoms with Gasteiger partial charge in [-0.1, -0.05) is 15.9 Å². The van der Waals surface area contributed by atoms with Crippen LogP contribution < -0.4 is 5.32 Å². The maximum absolute atomic E-state index is 13.6. The number of benzene rings is 1. The third-order valence-corrected chi connectivity index (χ3v) is 3.29. The Hall–Kier alpha value is -1.96. The molecule has 0 radical (unpaired) electrons. The first-order valence-electron chi connectivity index (χ1n) is 7.17. The summed E-state index contributed by atoms with van der Waals surface area (Å²) in [5, 5.41) is 2.71. The molecule has 0 aliphatic heterocycles. The van der Waals surface area contributed by atoms with Gasteiger partial charge in [0, 0.05) is 17.1 Å². The molecule has 0 aliphatic carbocycles. The second-order valence-electron chi connectivity index (χ2n) is 6.25. The predicted octanol–water partition coefficient (Wildman–Crippen LogP) is 2.12. The zero-order valence-electron chi connectivity index (χ0n) is 14.0. The van der Waals surface area contributed by atoms with Gasteiger partial charge >= 0.3 is 5.97 Å². The van der Waals surface area contributed by atoms with E-state index in [9.17, 15) is 18.8 Å². The van der Waals surface area contributed by atoms with E-state index in [4.69, 9.17) is 4.74 Å². The Morgan fingerprint density at radius 2 is 1.92 bits per heavy atom. The molecule has 0 saturated heterocycles.